The molecule has 0 aliphatic rings. The third kappa shape index (κ3) is 5.71. The van der Waals surface area contributed by atoms with E-state index in [1.807, 2.05) is 24.3 Å². The Kier molecular flexibility index (Phi) is 6.87. The van der Waals surface area contributed by atoms with Crippen LogP contribution in [0.4, 0.5) is 33.6 Å². The number of phenolic OH excluding ortho intramolecular Hbond substituents is 2. The highest BCUT2D eigenvalue weighted by Crippen LogP contribution is 2.34. The summed E-state index contributed by atoms with van der Waals surface area (Å²) >= 11 is 1.42. The Hall–Kier alpha value is -5.36. The van der Waals surface area contributed by atoms with Crippen LogP contribution in [0.1, 0.15) is 5.56 Å². The lowest BCUT2D eigenvalue weighted by Gasteiger charge is -2.03. The lowest BCUT2D eigenvalue weighted by molar-refractivity contribution is -0.384. The van der Waals surface area contributed by atoms with Crippen molar-refractivity contribution in [3.8, 4) is 11.5 Å². The smallest absolute Gasteiger partial charge is 0.271 e. The minimum Gasteiger partial charge on any atom is -0.508 e. The number of rotatable bonds is 7. The van der Waals surface area contributed by atoms with Gasteiger partial charge in [-0.1, -0.05) is 29.5 Å². The Balaban J connectivity index is 1.39. The fraction of sp³-hybridized carbons (Fsp3) is 0. The van der Waals surface area contributed by atoms with E-state index in [0.29, 0.717) is 22.1 Å². The Morgan fingerprint density at radius 2 is 1.63 bits per heavy atom. The van der Waals surface area contributed by atoms with Crippen LogP contribution < -0.4 is 0 Å². The molecule has 186 valence electrons. The molecule has 5 aromatic rings. The summed E-state index contributed by atoms with van der Waals surface area (Å²) in [5, 5.41) is 48.4. The molecule has 0 aliphatic carbocycles. The van der Waals surface area contributed by atoms with E-state index >= 15 is 0 Å². The molecular weight excluding hydrogens is 506 g/mol. The van der Waals surface area contributed by atoms with Crippen molar-refractivity contribution in [2.24, 2.45) is 25.4 Å². The average molecular weight is 524 g/mol. The molecule has 1 aromatic heterocycles. The van der Waals surface area contributed by atoms with Crippen molar-refractivity contribution in [2.45, 2.75) is 0 Å². The summed E-state index contributed by atoms with van der Waals surface area (Å²) in [6.45, 7) is 0. The second kappa shape index (κ2) is 10.7. The zero-order valence-corrected chi connectivity index (χ0v) is 20.2. The summed E-state index contributed by atoms with van der Waals surface area (Å²) in [7, 11) is 0. The fourth-order valence-electron chi connectivity index (χ4n) is 3.33. The van der Waals surface area contributed by atoms with E-state index in [-0.39, 0.29) is 28.6 Å². The number of hydrogen-bond acceptors (Lipinski definition) is 11. The van der Waals surface area contributed by atoms with Crippen LogP contribution in [0.3, 0.4) is 0 Å². The predicted molar refractivity (Wildman–Crippen MR) is 145 cm³/mol. The largest absolute Gasteiger partial charge is 0.508 e. The van der Waals surface area contributed by atoms with Gasteiger partial charge >= 0.3 is 0 Å². The second-order valence-electron chi connectivity index (χ2n) is 7.82. The van der Waals surface area contributed by atoms with Crippen molar-refractivity contribution in [1.29, 1.82) is 0 Å². The average Bonchev–Trinajstić information content (AvgIpc) is 3.34. The monoisotopic (exact) mass is 523 g/mol. The molecule has 38 heavy (non-hydrogen) atoms. The number of aromatic nitrogens is 1. The van der Waals surface area contributed by atoms with Gasteiger partial charge < -0.3 is 10.2 Å². The molecule has 0 fully saturated rings. The maximum atomic E-state index is 11.0. The van der Waals surface area contributed by atoms with Crippen LogP contribution in [0.2, 0.25) is 0 Å². The second-order valence-corrected chi connectivity index (χ2v) is 8.82. The van der Waals surface area contributed by atoms with Crippen molar-refractivity contribution < 1.29 is 15.1 Å². The third-order valence-corrected chi connectivity index (χ3v) is 6.08. The van der Waals surface area contributed by atoms with Crippen LogP contribution >= 0.6 is 11.3 Å². The van der Waals surface area contributed by atoms with Gasteiger partial charge in [-0.05, 0) is 48.5 Å². The Labute approximate surface area is 219 Å². The molecule has 0 aliphatic heterocycles. The van der Waals surface area contributed by atoms with Crippen LogP contribution in [0, 0.1) is 10.1 Å². The van der Waals surface area contributed by atoms with Crippen LogP contribution in [-0.2, 0) is 0 Å². The van der Waals surface area contributed by atoms with Gasteiger partial charge in [0.15, 0.2) is 0 Å². The number of nitrogens with zero attached hydrogens (tertiary/aromatic N) is 7. The molecule has 0 atom stereocenters. The topological polar surface area (TPSA) is 158 Å². The maximum absolute atomic E-state index is 11.0. The number of nitro groups is 1. The van der Waals surface area contributed by atoms with Gasteiger partial charge in [0.25, 0.3) is 5.69 Å². The molecule has 4 aromatic carbocycles. The molecule has 12 heteroatoms. The molecule has 0 unspecified atom stereocenters. The summed E-state index contributed by atoms with van der Waals surface area (Å²) in [5.74, 6) is -0.0818. The molecule has 0 amide bonds. The number of non-ortho nitro benzene ring substituents is 1. The zero-order valence-electron chi connectivity index (χ0n) is 19.4. The van der Waals surface area contributed by atoms with Crippen molar-refractivity contribution in [3.05, 3.63) is 101 Å². The van der Waals surface area contributed by atoms with E-state index in [2.05, 4.69) is 30.4 Å². The van der Waals surface area contributed by atoms with Crippen LogP contribution in [-0.4, -0.2) is 26.3 Å². The summed E-state index contributed by atoms with van der Waals surface area (Å²) in [5.41, 5.74) is 2.42. The molecular formula is C26H17N7O4S. The maximum Gasteiger partial charge on any atom is 0.271 e. The predicted octanol–water partition coefficient (Wildman–Crippen LogP) is 8.20. The van der Waals surface area contributed by atoms with Gasteiger partial charge in [-0.15, -0.1) is 15.3 Å². The van der Waals surface area contributed by atoms with E-state index in [9.17, 15) is 20.3 Å². The first kappa shape index (κ1) is 24.3. The Bertz CT molecular complexity index is 1710. The number of aromatic hydroxyl groups is 2. The van der Waals surface area contributed by atoms with Gasteiger partial charge in [0, 0.05) is 30.0 Å². The van der Waals surface area contributed by atoms with Gasteiger partial charge in [-0.2, -0.15) is 5.11 Å². The normalized spacial score (nSPS) is 11.8. The van der Waals surface area contributed by atoms with Crippen LogP contribution in [0.25, 0.3) is 10.2 Å². The molecule has 0 bridgehead atoms. The molecule has 1 heterocycles. The lowest BCUT2D eigenvalue weighted by atomic mass is 10.2. The molecule has 0 radical (unpaired) electrons. The van der Waals surface area contributed by atoms with Gasteiger partial charge in [-0.25, -0.2) is 4.98 Å². The molecule has 0 saturated carbocycles. The van der Waals surface area contributed by atoms with Crippen LogP contribution in [0.15, 0.2) is 110 Å². The van der Waals surface area contributed by atoms with Gasteiger partial charge in [0.2, 0.25) is 5.13 Å². The number of thiazole rings is 1. The summed E-state index contributed by atoms with van der Waals surface area (Å²) < 4.78 is 1.00. The van der Waals surface area contributed by atoms with E-state index in [1.54, 1.807) is 18.2 Å². The summed E-state index contributed by atoms with van der Waals surface area (Å²) in [6, 6.07) is 22.4. The highest BCUT2D eigenvalue weighted by atomic mass is 32.1. The van der Waals surface area contributed by atoms with Gasteiger partial charge in [-0.3, -0.25) is 15.1 Å². The molecule has 11 nitrogen and oxygen atoms in total. The summed E-state index contributed by atoms with van der Waals surface area (Å²) in [6.07, 6.45) is 1.40. The third-order valence-electron chi connectivity index (χ3n) is 5.16. The first-order valence-electron chi connectivity index (χ1n) is 11.1. The standard InChI is InChI=1S/C26H17N7O4S/c34-20-9-10-21(31-29-17-4-3-5-19(13-17)33(36)37)23(14-20)27-15-16-12-18(8-11-24(16)35)30-32-26-28-22-6-1-2-7-25(22)38-26/h1-15,34-35H. The first-order valence-corrected chi connectivity index (χ1v) is 11.9. The Morgan fingerprint density at radius 1 is 0.816 bits per heavy atom. The highest BCUT2D eigenvalue weighted by Gasteiger charge is 2.07. The van der Waals surface area contributed by atoms with Gasteiger partial charge in [0.1, 0.15) is 17.2 Å². The van der Waals surface area contributed by atoms with Crippen molar-refractivity contribution in [1.82, 2.24) is 4.98 Å². The fourth-order valence-corrected chi connectivity index (χ4v) is 4.12. The van der Waals surface area contributed by atoms with E-state index in [0.717, 1.165) is 10.2 Å². The number of fused-ring (bicyclic) bond motifs is 1. The first-order chi connectivity index (χ1) is 18.4. The van der Waals surface area contributed by atoms with Crippen molar-refractivity contribution in [2.75, 3.05) is 0 Å². The van der Waals surface area contributed by atoms with Crippen LogP contribution in [0.5, 0.6) is 11.5 Å². The van der Waals surface area contributed by atoms with Gasteiger partial charge in [0.05, 0.1) is 32.2 Å². The molecule has 2 N–H and O–H groups in total. The van der Waals surface area contributed by atoms with E-state index in [1.165, 1.54) is 60.0 Å². The molecule has 0 saturated heterocycles. The number of aliphatic imine (C=N–C) groups is 1. The number of azo groups is 2. The minimum absolute atomic E-state index is 0.0346. The molecule has 0 spiro atoms. The highest BCUT2D eigenvalue weighted by molar-refractivity contribution is 7.21. The number of hydrogen-bond donors (Lipinski definition) is 2. The summed E-state index contributed by atoms with van der Waals surface area (Å²) in [4.78, 5) is 19.2. The number of nitro benzene ring substituents is 1. The SMILES string of the molecule is O=[N+]([O-])c1cccc(N=Nc2ccc(O)cc2N=Cc2cc(N=Nc3nc4ccccc4s3)ccc2O)c1. The van der Waals surface area contributed by atoms with E-state index < -0.39 is 4.92 Å². The zero-order chi connectivity index (χ0) is 26.5. The van der Waals surface area contributed by atoms with Crippen molar-refractivity contribution in [3.63, 3.8) is 0 Å². The van der Waals surface area contributed by atoms with E-state index in [4.69, 9.17) is 0 Å². The minimum atomic E-state index is -0.519. The Morgan fingerprint density at radius 3 is 2.47 bits per heavy atom. The van der Waals surface area contributed by atoms with Crippen molar-refractivity contribution >= 4 is 61.3 Å². The quantitative estimate of drug-likeness (QED) is 0.0950. The number of para-hydroxylation sites is 1. The molecule has 5 rings (SSSR count). The lowest BCUT2D eigenvalue weighted by Crippen LogP contribution is -1.85. The number of benzene rings is 4. The number of phenols is 2.